The molecule has 134 valence electrons. The van der Waals surface area contributed by atoms with Gasteiger partial charge in [-0.3, -0.25) is 4.98 Å². The van der Waals surface area contributed by atoms with Crippen LogP contribution in [-0.4, -0.2) is 28.0 Å². The van der Waals surface area contributed by atoms with E-state index in [9.17, 15) is 0 Å². The molecule has 0 unspecified atom stereocenters. The van der Waals surface area contributed by atoms with Crippen molar-refractivity contribution < 1.29 is 4.42 Å². The molecule has 0 spiro atoms. The third-order valence-electron chi connectivity index (χ3n) is 4.76. The van der Waals surface area contributed by atoms with Crippen LogP contribution in [0.1, 0.15) is 35.9 Å². The Labute approximate surface area is 153 Å². The molecule has 1 aliphatic heterocycles. The van der Waals surface area contributed by atoms with E-state index >= 15 is 0 Å². The topological polar surface area (TPSA) is 67.1 Å². The molecule has 6 heteroatoms. The van der Waals surface area contributed by atoms with Gasteiger partial charge < -0.3 is 14.6 Å². The number of nitrogens with one attached hydrogen (secondary N) is 1. The molecule has 0 saturated carbocycles. The number of hydrogen-bond acceptors (Lipinski definition) is 6. The van der Waals surface area contributed by atoms with Gasteiger partial charge in [-0.2, -0.15) is 0 Å². The summed E-state index contributed by atoms with van der Waals surface area (Å²) in [6, 6.07) is 12.0. The number of hydrogen-bond donors (Lipinski definition) is 1. The predicted octanol–water partition coefficient (Wildman–Crippen LogP) is 3.14. The van der Waals surface area contributed by atoms with Gasteiger partial charge in [0.25, 0.3) is 0 Å². The lowest BCUT2D eigenvalue weighted by atomic mass is 9.94. The average molecular weight is 349 g/mol. The normalized spacial score (nSPS) is 15.1. The Balaban J connectivity index is 1.60. The van der Waals surface area contributed by atoms with Gasteiger partial charge in [0, 0.05) is 23.9 Å². The number of aromatic nitrogens is 3. The van der Waals surface area contributed by atoms with E-state index in [0.29, 0.717) is 19.0 Å². The van der Waals surface area contributed by atoms with E-state index in [2.05, 4.69) is 31.2 Å². The first-order chi connectivity index (χ1) is 12.9. The minimum Gasteiger partial charge on any atom is -0.467 e. The lowest BCUT2D eigenvalue weighted by Crippen LogP contribution is -2.28. The van der Waals surface area contributed by atoms with Crippen LogP contribution in [0.5, 0.6) is 0 Å². The third-order valence-corrected chi connectivity index (χ3v) is 4.76. The van der Waals surface area contributed by atoms with Crippen molar-refractivity contribution in [1.29, 1.82) is 0 Å². The number of rotatable bonds is 6. The summed E-state index contributed by atoms with van der Waals surface area (Å²) >= 11 is 0. The molecule has 1 saturated heterocycles. The Hall–Kier alpha value is -2.73. The molecule has 0 aliphatic carbocycles. The van der Waals surface area contributed by atoms with Crippen molar-refractivity contribution in [1.82, 2.24) is 20.3 Å². The van der Waals surface area contributed by atoms with Crippen molar-refractivity contribution >= 4 is 5.82 Å². The van der Waals surface area contributed by atoms with E-state index in [4.69, 9.17) is 4.42 Å². The van der Waals surface area contributed by atoms with E-state index in [-0.39, 0.29) is 0 Å². The maximum absolute atomic E-state index is 5.56. The van der Waals surface area contributed by atoms with E-state index in [1.54, 1.807) is 12.6 Å². The van der Waals surface area contributed by atoms with Gasteiger partial charge in [0.05, 0.1) is 25.0 Å². The van der Waals surface area contributed by atoms with Gasteiger partial charge in [-0.15, -0.1) is 0 Å². The van der Waals surface area contributed by atoms with Crippen molar-refractivity contribution in [3.8, 4) is 0 Å². The summed E-state index contributed by atoms with van der Waals surface area (Å²) in [6.45, 7) is 3.42. The minimum absolute atomic E-state index is 0.498. The summed E-state index contributed by atoms with van der Waals surface area (Å²) in [6.07, 6.45) is 7.44. The largest absolute Gasteiger partial charge is 0.467 e. The van der Waals surface area contributed by atoms with Gasteiger partial charge in [0.15, 0.2) is 0 Å². The van der Waals surface area contributed by atoms with Gasteiger partial charge in [-0.05, 0) is 50.2 Å². The third kappa shape index (κ3) is 4.08. The molecular weight excluding hydrogens is 326 g/mol. The second-order valence-electron chi connectivity index (χ2n) is 6.58. The molecule has 1 fully saturated rings. The maximum Gasteiger partial charge on any atom is 0.132 e. The monoisotopic (exact) mass is 349 g/mol. The smallest absolute Gasteiger partial charge is 0.132 e. The van der Waals surface area contributed by atoms with Crippen LogP contribution < -0.4 is 10.2 Å². The number of furan rings is 1. The molecule has 4 heterocycles. The molecule has 0 atom stereocenters. The first-order valence-electron chi connectivity index (χ1n) is 9.08. The zero-order valence-electron chi connectivity index (χ0n) is 14.7. The molecule has 0 radical (unpaired) electrons. The number of pyridine rings is 1. The number of anilines is 1. The molecule has 3 aromatic heterocycles. The second-order valence-corrected chi connectivity index (χ2v) is 6.58. The van der Waals surface area contributed by atoms with Gasteiger partial charge in [0.1, 0.15) is 17.9 Å². The Kier molecular flexibility index (Phi) is 5.21. The molecule has 1 aliphatic rings. The van der Waals surface area contributed by atoms with Crippen LogP contribution in [0.2, 0.25) is 0 Å². The quantitative estimate of drug-likeness (QED) is 0.737. The van der Waals surface area contributed by atoms with Crippen LogP contribution in [0, 0.1) is 0 Å². The molecule has 26 heavy (non-hydrogen) atoms. The van der Waals surface area contributed by atoms with Crippen LogP contribution in [0.25, 0.3) is 0 Å². The second kappa shape index (κ2) is 8.10. The predicted molar refractivity (Wildman–Crippen MR) is 99.7 cm³/mol. The van der Waals surface area contributed by atoms with Crippen molar-refractivity contribution in [3.63, 3.8) is 0 Å². The summed E-state index contributed by atoms with van der Waals surface area (Å²) in [5.41, 5.74) is 2.13. The fraction of sp³-hybridized carbons (Fsp3) is 0.350. The van der Waals surface area contributed by atoms with Crippen LogP contribution in [0.15, 0.2) is 59.6 Å². The molecule has 0 amide bonds. The molecule has 4 rings (SSSR count). The molecular formula is C20H23N5O. The van der Waals surface area contributed by atoms with Crippen LogP contribution in [0.3, 0.4) is 0 Å². The zero-order valence-corrected chi connectivity index (χ0v) is 14.7. The minimum atomic E-state index is 0.498. The van der Waals surface area contributed by atoms with Gasteiger partial charge >= 0.3 is 0 Å². The lowest BCUT2D eigenvalue weighted by molar-refractivity contribution is 0.452. The van der Waals surface area contributed by atoms with Crippen LogP contribution >= 0.6 is 0 Å². The average Bonchev–Trinajstić information content (AvgIpc) is 3.22. The molecule has 0 bridgehead atoms. The summed E-state index contributed by atoms with van der Waals surface area (Å²) in [5.74, 6) is 2.32. The SMILES string of the molecule is c1ccc(CN(Cc2ccco2)c2cc(C3CCNCC3)ncn2)nc1. The van der Waals surface area contributed by atoms with E-state index in [1.165, 1.54) is 0 Å². The standard InChI is InChI=1S/C20H23N5O/c1-2-8-22-17(4-1)13-25(14-18-5-3-11-26-18)20-12-19(23-15-24-20)16-6-9-21-10-7-16/h1-5,8,11-12,15-16,21H,6-7,9-10,13-14H2. The number of piperidine rings is 1. The highest BCUT2D eigenvalue weighted by atomic mass is 16.3. The van der Waals surface area contributed by atoms with Crippen LogP contribution in [0.4, 0.5) is 5.82 Å². The fourth-order valence-corrected chi connectivity index (χ4v) is 3.37. The van der Waals surface area contributed by atoms with Crippen LogP contribution in [-0.2, 0) is 13.1 Å². The zero-order chi connectivity index (χ0) is 17.6. The lowest BCUT2D eigenvalue weighted by Gasteiger charge is -2.25. The maximum atomic E-state index is 5.56. The van der Waals surface area contributed by atoms with Crippen molar-refractivity contribution in [3.05, 3.63) is 72.3 Å². The highest BCUT2D eigenvalue weighted by molar-refractivity contribution is 5.40. The van der Waals surface area contributed by atoms with E-state index in [0.717, 1.165) is 48.9 Å². The van der Waals surface area contributed by atoms with Gasteiger partial charge in [0.2, 0.25) is 0 Å². The Morgan fingerprint density at radius 1 is 1.04 bits per heavy atom. The first-order valence-corrected chi connectivity index (χ1v) is 9.08. The summed E-state index contributed by atoms with van der Waals surface area (Å²) < 4.78 is 5.56. The highest BCUT2D eigenvalue weighted by Crippen LogP contribution is 2.26. The Morgan fingerprint density at radius 2 is 1.96 bits per heavy atom. The summed E-state index contributed by atoms with van der Waals surface area (Å²) in [7, 11) is 0. The molecule has 0 aromatic carbocycles. The van der Waals surface area contributed by atoms with Crippen molar-refractivity contribution in [2.45, 2.75) is 31.8 Å². The fourth-order valence-electron chi connectivity index (χ4n) is 3.37. The number of nitrogens with zero attached hydrogens (tertiary/aromatic N) is 4. The molecule has 1 N–H and O–H groups in total. The Bertz CT molecular complexity index is 800. The van der Waals surface area contributed by atoms with E-state index in [1.807, 2.05) is 36.5 Å². The first kappa shape index (κ1) is 16.7. The molecule has 6 nitrogen and oxygen atoms in total. The van der Waals surface area contributed by atoms with E-state index < -0.39 is 0 Å². The Morgan fingerprint density at radius 3 is 2.73 bits per heavy atom. The van der Waals surface area contributed by atoms with Gasteiger partial charge in [-0.1, -0.05) is 6.07 Å². The van der Waals surface area contributed by atoms with Crippen molar-refractivity contribution in [2.24, 2.45) is 0 Å². The molecule has 3 aromatic rings. The summed E-state index contributed by atoms with van der Waals surface area (Å²) in [4.78, 5) is 15.7. The van der Waals surface area contributed by atoms with Gasteiger partial charge in [-0.25, -0.2) is 9.97 Å². The highest BCUT2D eigenvalue weighted by Gasteiger charge is 2.19. The summed E-state index contributed by atoms with van der Waals surface area (Å²) in [5, 5.41) is 3.41. The van der Waals surface area contributed by atoms with Crippen molar-refractivity contribution in [2.75, 3.05) is 18.0 Å².